The van der Waals surface area contributed by atoms with Crippen molar-refractivity contribution >= 4 is 16.9 Å². The molecule has 5 heterocycles. The Morgan fingerprint density at radius 2 is 2.03 bits per heavy atom. The quantitative estimate of drug-likeness (QED) is 0.714. The monoisotopic (exact) mass is 449 g/mol. The molecule has 2 aromatic rings. The number of likely N-dealkylation sites (tertiary alicyclic amines) is 1. The molecule has 2 fully saturated rings. The molecule has 6 rings (SSSR count). The molecule has 176 valence electrons. The van der Waals surface area contributed by atoms with E-state index in [9.17, 15) is 4.79 Å². The van der Waals surface area contributed by atoms with Crippen molar-refractivity contribution < 1.29 is 14.3 Å². The van der Waals surface area contributed by atoms with Crippen LogP contribution in [0.2, 0.25) is 0 Å². The normalized spacial score (nSPS) is 30.0. The third kappa shape index (κ3) is 3.87. The number of esters is 1. The SMILES string of the molecule is C[C@@H]1OC=C(C(=O)OCCN2CCCCC2)[C@H]2C[C@H]3c4[nH]c5ccccc5c4CCN3C[C@H]12. The fourth-order valence-corrected chi connectivity index (χ4v) is 6.60. The average Bonchev–Trinajstić information content (AvgIpc) is 3.23. The van der Waals surface area contributed by atoms with Gasteiger partial charge in [-0.3, -0.25) is 9.80 Å². The van der Waals surface area contributed by atoms with Gasteiger partial charge in [-0.05, 0) is 57.3 Å². The number of ether oxygens (including phenoxy) is 2. The topological polar surface area (TPSA) is 57.8 Å². The van der Waals surface area contributed by atoms with Crippen LogP contribution in [0.3, 0.4) is 0 Å². The number of aromatic amines is 1. The van der Waals surface area contributed by atoms with Gasteiger partial charge in [-0.2, -0.15) is 0 Å². The van der Waals surface area contributed by atoms with Crippen LogP contribution >= 0.6 is 0 Å². The number of aromatic nitrogens is 1. The minimum absolute atomic E-state index is 0.116. The molecule has 0 amide bonds. The standard InChI is InChI=1S/C27H35N3O3/c1-18-22-16-30-12-9-20-19-7-3-4-8-24(19)28-26(20)25(30)15-21(22)23(17-33-18)27(31)32-14-13-29-10-5-2-6-11-29/h3-4,7-8,17-18,21-22,25,28H,2,5-6,9-16H2,1H3/t18-,21-,22+,25-/m0/s1. The Morgan fingerprint density at radius 3 is 2.91 bits per heavy atom. The first-order chi connectivity index (χ1) is 16.2. The number of fused-ring (bicyclic) bond motifs is 6. The van der Waals surface area contributed by atoms with Crippen molar-refractivity contribution in [2.24, 2.45) is 11.8 Å². The molecule has 1 N–H and O–H groups in total. The van der Waals surface area contributed by atoms with Crippen molar-refractivity contribution in [3.8, 4) is 0 Å². The molecule has 1 aromatic heterocycles. The van der Waals surface area contributed by atoms with Crippen LogP contribution in [0.4, 0.5) is 0 Å². The number of benzene rings is 1. The van der Waals surface area contributed by atoms with Crippen LogP contribution in [0.15, 0.2) is 36.1 Å². The minimum Gasteiger partial charge on any atom is -0.497 e. The Labute approximate surface area is 195 Å². The summed E-state index contributed by atoms with van der Waals surface area (Å²) in [7, 11) is 0. The number of nitrogens with one attached hydrogen (secondary N) is 1. The number of nitrogens with zero attached hydrogens (tertiary/aromatic N) is 2. The maximum absolute atomic E-state index is 13.1. The summed E-state index contributed by atoms with van der Waals surface area (Å²) in [4.78, 5) is 21.9. The molecule has 0 saturated carbocycles. The van der Waals surface area contributed by atoms with Gasteiger partial charge in [0.15, 0.2) is 0 Å². The summed E-state index contributed by atoms with van der Waals surface area (Å²) in [6.07, 6.45) is 7.65. The summed E-state index contributed by atoms with van der Waals surface area (Å²) in [5.41, 5.74) is 4.76. The summed E-state index contributed by atoms with van der Waals surface area (Å²) >= 11 is 0. The number of hydrogen-bond acceptors (Lipinski definition) is 5. The van der Waals surface area contributed by atoms with Gasteiger partial charge in [-0.1, -0.05) is 24.6 Å². The Kier molecular flexibility index (Phi) is 5.67. The van der Waals surface area contributed by atoms with E-state index >= 15 is 0 Å². The first-order valence-electron chi connectivity index (χ1n) is 12.8. The highest BCUT2D eigenvalue weighted by molar-refractivity contribution is 5.89. The van der Waals surface area contributed by atoms with E-state index < -0.39 is 0 Å². The van der Waals surface area contributed by atoms with Gasteiger partial charge in [0.25, 0.3) is 0 Å². The molecule has 0 unspecified atom stereocenters. The van der Waals surface area contributed by atoms with E-state index in [2.05, 4.69) is 46.0 Å². The Balaban J connectivity index is 1.20. The fraction of sp³-hybridized carbons (Fsp3) is 0.593. The molecule has 4 atom stereocenters. The number of para-hydroxylation sites is 1. The molecule has 4 aliphatic rings. The third-order valence-electron chi connectivity index (χ3n) is 8.45. The van der Waals surface area contributed by atoms with Gasteiger partial charge in [-0.25, -0.2) is 4.79 Å². The smallest absolute Gasteiger partial charge is 0.337 e. The summed E-state index contributed by atoms with van der Waals surface area (Å²) in [5.74, 6) is 0.312. The predicted molar refractivity (Wildman–Crippen MR) is 128 cm³/mol. The molecular weight excluding hydrogens is 414 g/mol. The van der Waals surface area contributed by atoms with Gasteiger partial charge in [0.1, 0.15) is 6.61 Å². The van der Waals surface area contributed by atoms with Gasteiger partial charge in [0.2, 0.25) is 0 Å². The molecule has 1 aromatic carbocycles. The third-order valence-corrected chi connectivity index (χ3v) is 8.45. The lowest BCUT2D eigenvalue weighted by atomic mass is 9.72. The lowest BCUT2D eigenvalue weighted by Gasteiger charge is -2.49. The zero-order valence-corrected chi connectivity index (χ0v) is 19.6. The Bertz CT molecular complexity index is 1050. The predicted octanol–water partition coefficient (Wildman–Crippen LogP) is 4.03. The summed E-state index contributed by atoms with van der Waals surface area (Å²) < 4.78 is 11.7. The highest BCUT2D eigenvalue weighted by Crippen LogP contribution is 2.47. The Morgan fingerprint density at radius 1 is 1.18 bits per heavy atom. The number of carbonyl (C=O) groups excluding carboxylic acids is 1. The number of hydrogen-bond donors (Lipinski definition) is 1. The lowest BCUT2D eigenvalue weighted by Crippen LogP contribution is -2.51. The molecule has 4 aliphatic heterocycles. The number of rotatable bonds is 4. The van der Waals surface area contributed by atoms with E-state index in [0.717, 1.165) is 51.1 Å². The highest BCUT2D eigenvalue weighted by Gasteiger charge is 2.47. The maximum atomic E-state index is 13.1. The highest BCUT2D eigenvalue weighted by atomic mass is 16.5. The Hall–Kier alpha value is -2.31. The molecule has 0 radical (unpaired) electrons. The molecule has 0 aliphatic carbocycles. The van der Waals surface area contributed by atoms with Crippen LogP contribution in [0, 0.1) is 11.8 Å². The van der Waals surface area contributed by atoms with Crippen LogP contribution in [0.5, 0.6) is 0 Å². The molecule has 0 spiro atoms. The number of carbonyl (C=O) groups is 1. The van der Waals surface area contributed by atoms with E-state index in [1.807, 2.05) is 0 Å². The van der Waals surface area contributed by atoms with Crippen molar-refractivity contribution in [1.29, 1.82) is 0 Å². The molecule has 0 bridgehead atoms. The summed E-state index contributed by atoms with van der Waals surface area (Å²) in [6, 6.07) is 8.94. The minimum atomic E-state index is -0.185. The van der Waals surface area contributed by atoms with Crippen molar-refractivity contribution in [2.75, 3.05) is 39.3 Å². The van der Waals surface area contributed by atoms with Crippen LogP contribution in [-0.4, -0.2) is 66.2 Å². The second-order valence-corrected chi connectivity index (χ2v) is 10.3. The number of piperidine rings is 2. The van der Waals surface area contributed by atoms with E-state index in [1.54, 1.807) is 6.26 Å². The van der Waals surface area contributed by atoms with Gasteiger partial charge in [0.05, 0.1) is 24.0 Å². The van der Waals surface area contributed by atoms with Crippen molar-refractivity contribution in [3.05, 3.63) is 47.4 Å². The van der Waals surface area contributed by atoms with Gasteiger partial charge in [-0.15, -0.1) is 0 Å². The maximum Gasteiger partial charge on any atom is 0.337 e. The molecule has 6 heteroatoms. The van der Waals surface area contributed by atoms with Crippen molar-refractivity contribution in [3.63, 3.8) is 0 Å². The molecule has 33 heavy (non-hydrogen) atoms. The first-order valence-corrected chi connectivity index (χ1v) is 12.8. The van der Waals surface area contributed by atoms with Crippen molar-refractivity contribution in [2.45, 2.75) is 51.2 Å². The fourth-order valence-electron chi connectivity index (χ4n) is 6.60. The zero-order valence-electron chi connectivity index (χ0n) is 19.6. The largest absolute Gasteiger partial charge is 0.497 e. The molecular formula is C27H35N3O3. The van der Waals surface area contributed by atoms with Crippen molar-refractivity contribution in [1.82, 2.24) is 14.8 Å². The molecule has 2 saturated heterocycles. The van der Waals surface area contributed by atoms with Gasteiger partial charge in [0, 0.05) is 48.1 Å². The zero-order chi connectivity index (χ0) is 22.4. The van der Waals surface area contributed by atoms with Gasteiger partial charge < -0.3 is 14.5 Å². The van der Waals surface area contributed by atoms with Gasteiger partial charge >= 0.3 is 5.97 Å². The second kappa shape index (κ2) is 8.80. The van der Waals surface area contributed by atoms with E-state index in [4.69, 9.17) is 9.47 Å². The van der Waals surface area contributed by atoms with E-state index in [0.29, 0.717) is 18.6 Å². The van der Waals surface area contributed by atoms with Crippen LogP contribution < -0.4 is 0 Å². The summed E-state index contributed by atoms with van der Waals surface area (Å²) in [5, 5.41) is 1.35. The van der Waals surface area contributed by atoms with E-state index in [1.165, 1.54) is 41.4 Å². The summed E-state index contributed by atoms with van der Waals surface area (Å²) in [6.45, 7) is 7.71. The second-order valence-electron chi connectivity index (χ2n) is 10.3. The van der Waals surface area contributed by atoms with Crippen LogP contribution in [0.25, 0.3) is 10.9 Å². The molecule has 6 nitrogen and oxygen atoms in total. The van der Waals surface area contributed by atoms with E-state index in [-0.39, 0.29) is 18.0 Å². The lowest BCUT2D eigenvalue weighted by molar-refractivity contribution is -0.142. The van der Waals surface area contributed by atoms with Crippen LogP contribution in [0.1, 0.15) is 49.9 Å². The average molecular weight is 450 g/mol. The van der Waals surface area contributed by atoms with Crippen LogP contribution in [-0.2, 0) is 20.7 Å². The first kappa shape index (κ1) is 21.2. The number of H-pyrrole nitrogens is 1.